The van der Waals surface area contributed by atoms with E-state index in [2.05, 4.69) is 12.6 Å². The Morgan fingerprint density at radius 1 is 1.30 bits per heavy atom. The third-order valence-electron chi connectivity index (χ3n) is 1.36. The van der Waals surface area contributed by atoms with Crippen LogP contribution < -0.4 is 4.74 Å². The molecule has 10 heavy (non-hydrogen) atoms. The maximum absolute atomic E-state index is 5.00. The molecule has 0 unspecified atom stereocenters. The molecular weight excluding hydrogens is 144 g/mol. The molecule has 0 amide bonds. The van der Waals surface area contributed by atoms with Gasteiger partial charge in [0.1, 0.15) is 11.5 Å². The van der Waals surface area contributed by atoms with Crippen LogP contribution in [0.5, 0.6) is 5.75 Å². The lowest BCUT2D eigenvalue weighted by Gasteiger charge is -1.97. The van der Waals surface area contributed by atoms with Crippen molar-refractivity contribution in [1.82, 2.24) is 0 Å². The zero-order valence-corrected chi connectivity index (χ0v) is 6.92. The fourth-order valence-corrected chi connectivity index (χ4v) is 0.979. The van der Waals surface area contributed by atoms with E-state index in [0.29, 0.717) is 0 Å². The van der Waals surface area contributed by atoms with Gasteiger partial charge in [0.15, 0.2) is 0 Å². The van der Waals surface area contributed by atoms with Crippen molar-refractivity contribution in [3.63, 3.8) is 0 Å². The zero-order chi connectivity index (χ0) is 7.40. The van der Waals surface area contributed by atoms with E-state index in [9.17, 15) is 0 Å². The van der Waals surface area contributed by atoms with E-state index in [1.165, 1.54) is 5.56 Å². The summed E-state index contributed by atoms with van der Waals surface area (Å²) in [5.74, 6) is 1.80. The molecule has 1 nitrogen and oxygen atoms in total. The van der Waals surface area contributed by atoms with Crippen LogP contribution in [0.25, 0.3) is 0 Å². The van der Waals surface area contributed by atoms with Gasteiger partial charge in [0, 0.05) is 5.56 Å². The molecular formula is C8H11OS+. The molecule has 0 bridgehead atoms. The Morgan fingerprint density at radius 2 is 1.90 bits per heavy atom. The lowest BCUT2D eigenvalue weighted by atomic mass is 10.2. The fraction of sp³-hybridized carbons (Fsp3) is 0.250. The molecule has 1 aromatic rings. The first-order valence-corrected chi connectivity index (χ1v) is 3.85. The van der Waals surface area contributed by atoms with Gasteiger partial charge in [0.05, 0.1) is 7.11 Å². The molecule has 0 aliphatic heterocycles. The third kappa shape index (κ3) is 1.67. The highest BCUT2D eigenvalue weighted by Gasteiger charge is 1.92. The second-order valence-corrected chi connectivity index (χ2v) is 2.38. The Kier molecular flexibility index (Phi) is 2.63. The second-order valence-electron chi connectivity index (χ2n) is 2.02. The second kappa shape index (κ2) is 3.52. The molecule has 0 spiro atoms. The minimum Gasteiger partial charge on any atom is -0.497 e. The summed E-state index contributed by atoms with van der Waals surface area (Å²) in [6, 6.07) is 7.97. The Hall–Kier alpha value is -0.630. The molecule has 0 saturated carbocycles. The van der Waals surface area contributed by atoms with Gasteiger partial charge in [-0.05, 0) is 24.8 Å². The smallest absolute Gasteiger partial charge is 0.128 e. The lowest BCUT2D eigenvalue weighted by Crippen LogP contribution is -1.83. The van der Waals surface area contributed by atoms with Crippen molar-refractivity contribution in [2.75, 3.05) is 7.11 Å². The molecule has 0 radical (unpaired) electrons. The largest absolute Gasteiger partial charge is 0.497 e. The van der Waals surface area contributed by atoms with E-state index in [4.69, 9.17) is 4.74 Å². The van der Waals surface area contributed by atoms with Crippen LogP contribution in [-0.2, 0) is 18.4 Å². The van der Waals surface area contributed by atoms with Crippen molar-refractivity contribution in [3.8, 4) is 5.75 Å². The molecule has 1 rings (SSSR count). The Balaban J connectivity index is 2.80. The van der Waals surface area contributed by atoms with Gasteiger partial charge in [0.2, 0.25) is 0 Å². The number of methoxy groups -OCH3 is 1. The van der Waals surface area contributed by atoms with Crippen LogP contribution >= 0.6 is 0 Å². The maximum atomic E-state index is 5.00. The van der Waals surface area contributed by atoms with E-state index in [0.717, 1.165) is 11.5 Å². The number of benzene rings is 1. The molecule has 0 saturated heterocycles. The lowest BCUT2D eigenvalue weighted by molar-refractivity contribution is 0.414. The summed E-state index contributed by atoms with van der Waals surface area (Å²) in [6.45, 7) is 0. The van der Waals surface area contributed by atoms with Crippen molar-refractivity contribution in [2.45, 2.75) is 5.75 Å². The normalized spacial score (nSPS) is 9.40. The maximum Gasteiger partial charge on any atom is 0.128 e. The predicted molar refractivity (Wildman–Crippen MR) is 46.9 cm³/mol. The number of hydrogen-bond acceptors (Lipinski definition) is 1. The molecule has 0 aliphatic rings. The third-order valence-corrected chi connectivity index (χ3v) is 1.77. The summed E-state index contributed by atoms with van der Waals surface area (Å²) in [7, 11) is 1.67. The molecule has 54 valence electrons. The van der Waals surface area contributed by atoms with Crippen molar-refractivity contribution in [2.24, 2.45) is 0 Å². The van der Waals surface area contributed by atoms with Gasteiger partial charge in [-0.3, -0.25) is 0 Å². The SMILES string of the molecule is COc1ccc(C[SH2+])cc1. The van der Waals surface area contributed by atoms with Gasteiger partial charge < -0.3 is 4.74 Å². The summed E-state index contributed by atoms with van der Waals surface area (Å²) < 4.78 is 5.00. The van der Waals surface area contributed by atoms with Crippen molar-refractivity contribution < 1.29 is 4.74 Å². The van der Waals surface area contributed by atoms with Crippen LogP contribution in [-0.4, -0.2) is 7.11 Å². The molecule has 0 atom stereocenters. The quantitative estimate of drug-likeness (QED) is 0.583. The van der Waals surface area contributed by atoms with E-state index in [-0.39, 0.29) is 0 Å². The highest BCUT2D eigenvalue weighted by atomic mass is 32.1. The summed E-state index contributed by atoms with van der Waals surface area (Å²) in [5, 5.41) is 0. The summed E-state index contributed by atoms with van der Waals surface area (Å²) in [6.07, 6.45) is 0. The van der Waals surface area contributed by atoms with Crippen LogP contribution in [0.3, 0.4) is 0 Å². The Morgan fingerprint density at radius 3 is 2.30 bits per heavy atom. The van der Waals surface area contributed by atoms with Crippen LogP contribution in [0, 0.1) is 0 Å². The van der Waals surface area contributed by atoms with Gasteiger partial charge in [-0.25, -0.2) is 0 Å². The summed E-state index contributed by atoms with van der Waals surface area (Å²) in [5.41, 5.74) is 1.26. The van der Waals surface area contributed by atoms with E-state index in [1.54, 1.807) is 7.11 Å². The van der Waals surface area contributed by atoms with E-state index >= 15 is 0 Å². The monoisotopic (exact) mass is 155 g/mol. The topological polar surface area (TPSA) is 9.23 Å². The first kappa shape index (κ1) is 7.48. The van der Waals surface area contributed by atoms with Crippen molar-refractivity contribution in [3.05, 3.63) is 29.8 Å². The van der Waals surface area contributed by atoms with Gasteiger partial charge in [0.25, 0.3) is 0 Å². The molecule has 0 aromatic heterocycles. The number of hydrogen-bond donors (Lipinski definition) is 0. The molecule has 1 aromatic carbocycles. The van der Waals surface area contributed by atoms with Gasteiger partial charge in [-0.15, -0.1) is 0 Å². The van der Waals surface area contributed by atoms with E-state index in [1.807, 2.05) is 24.3 Å². The molecule has 0 aliphatic carbocycles. The van der Waals surface area contributed by atoms with Gasteiger partial charge in [-0.2, -0.15) is 0 Å². The Labute approximate surface area is 66.4 Å². The van der Waals surface area contributed by atoms with Crippen LogP contribution in [0.2, 0.25) is 0 Å². The minimum absolute atomic E-state index is 0.893. The average molecular weight is 155 g/mol. The Bertz CT molecular complexity index is 170. The number of rotatable bonds is 2. The highest BCUT2D eigenvalue weighted by molar-refractivity contribution is 7.57. The van der Waals surface area contributed by atoms with Crippen molar-refractivity contribution in [1.29, 1.82) is 0 Å². The zero-order valence-electron chi connectivity index (χ0n) is 5.92. The first-order chi connectivity index (χ1) is 4.86. The molecule has 0 N–H and O–H groups in total. The van der Waals surface area contributed by atoms with Crippen LogP contribution in [0.15, 0.2) is 24.3 Å². The molecule has 0 fully saturated rings. The first-order valence-electron chi connectivity index (χ1n) is 3.14. The molecule has 0 heterocycles. The van der Waals surface area contributed by atoms with Gasteiger partial charge >= 0.3 is 0 Å². The van der Waals surface area contributed by atoms with Crippen LogP contribution in [0.4, 0.5) is 0 Å². The van der Waals surface area contributed by atoms with Gasteiger partial charge in [-0.1, -0.05) is 12.1 Å². The standard InChI is InChI=1S/C8H10OS/c1-9-8-4-2-7(6-10)3-5-8/h2-5,10H,6H2,1H3/p+1. The fourth-order valence-electron chi connectivity index (χ4n) is 0.743. The summed E-state index contributed by atoms with van der Waals surface area (Å²) in [4.78, 5) is 0. The number of ether oxygens (including phenoxy) is 1. The van der Waals surface area contributed by atoms with E-state index < -0.39 is 0 Å². The van der Waals surface area contributed by atoms with Crippen LogP contribution in [0.1, 0.15) is 5.56 Å². The highest BCUT2D eigenvalue weighted by Crippen LogP contribution is 2.10. The predicted octanol–water partition coefficient (Wildman–Crippen LogP) is 1.21. The average Bonchev–Trinajstić information content (AvgIpc) is 2.05. The van der Waals surface area contributed by atoms with Crippen molar-refractivity contribution >= 4 is 12.6 Å². The summed E-state index contributed by atoms with van der Waals surface area (Å²) >= 11 is 3.41. The molecule has 2 heteroatoms. The minimum atomic E-state index is 0.893.